The lowest BCUT2D eigenvalue weighted by Crippen LogP contribution is -2.30. The van der Waals surface area contributed by atoms with Gasteiger partial charge in [0.15, 0.2) is 0 Å². The maximum atomic E-state index is 9.63. The zero-order valence-corrected chi connectivity index (χ0v) is 35.9. The van der Waals surface area contributed by atoms with Crippen LogP contribution in [0.4, 0.5) is 0 Å². The fraction of sp³-hybridized carbons (Fsp3) is 0.490. The summed E-state index contributed by atoms with van der Waals surface area (Å²) in [7, 11) is 0. The molecular formula is C51H74O2. The van der Waals surface area contributed by atoms with E-state index in [4.69, 9.17) is 0 Å². The number of allylic oxidation sites excluding steroid dienone is 25. The molecule has 0 aromatic heterocycles. The van der Waals surface area contributed by atoms with Gasteiger partial charge in [0.1, 0.15) is 0 Å². The van der Waals surface area contributed by atoms with Gasteiger partial charge in [-0.2, -0.15) is 0 Å². The predicted molar refractivity (Wildman–Crippen MR) is 235 cm³/mol. The van der Waals surface area contributed by atoms with Crippen molar-refractivity contribution in [2.75, 3.05) is 13.2 Å². The number of hydrogen-bond donors (Lipinski definition) is 2. The first-order valence-corrected chi connectivity index (χ1v) is 19.9. The molecule has 290 valence electrons. The van der Waals surface area contributed by atoms with E-state index in [9.17, 15) is 10.2 Å². The van der Waals surface area contributed by atoms with Crippen molar-refractivity contribution in [1.29, 1.82) is 0 Å². The summed E-state index contributed by atoms with van der Waals surface area (Å²) in [6.07, 6.45) is 39.8. The van der Waals surface area contributed by atoms with Crippen LogP contribution < -0.4 is 0 Å². The highest BCUT2D eigenvalue weighted by Crippen LogP contribution is 2.48. The molecule has 2 unspecified atom stereocenters. The summed E-state index contributed by atoms with van der Waals surface area (Å²) in [5, 5.41) is 19.3. The zero-order valence-electron chi connectivity index (χ0n) is 35.9. The van der Waals surface area contributed by atoms with Crippen molar-refractivity contribution in [3.05, 3.63) is 152 Å². The summed E-state index contributed by atoms with van der Waals surface area (Å²) < 4.78 is 0. The molecule has 2 aliphatic carbocycles. The molecule has 2 rings (SSSR count). The van der Waals surface area contributed by atoms with Crippen LogP contribution in [-0.4, -0.2) is 23.4 Å². The molecule has 0 amide bonds. The van der Waals surface area contributed by atoms with Gasteiger partial charge in [-0.3, -0.25) is 0 Å². The molecule has 0 heterocycles. The normalized spacial score (nSPS) is 22.1. The highest BCUT2D eigenvalue weighted by atomic mass is 16.3. The summed E-state index contributed by atoms with van der Waals surface area (Å²) in [6.45, 7) is 29.0. The molecule has 2 atom stereocenters. The molecule has 0 aromatic rings. The van der Waals surface area contributed by atoms with Crippen molar-refractivity contribution in [1.82, 2.24) is 0 Å². The predicted octanol–water partition coefficient (Wildman–Crippen LogP) is 14.1. The second-order valence-electron chi connectivity index (χ2n) is 17.1. The maximum Gasteiger partial charge on any atom is 0.0666 e. The average molecular weight is 719 g/mol. The molecule has 0 saturated heterocycles. The molecule has 2 heteroatoms. The van der Waals surface area contributed by atoms with Crippen molar-refractivity contribution >= 4 is 0 Å². The summed E-state index contributed by atoms with van der Waals surface area (Å²) in [4.78, 5) is 0. The largest absolute Gasteiger partial charge is 0.392 e. The van der Waals surface area contributed by atoms with E-state index in [0.717, 1.165) is 30.4 Å². The third-order valence-corrected chi connectivity index (χ3v) is 11.7. The van der Waals surface area contributed by atoms with Gasteiger partial charge in [0.05, 0.1) is 13.2 Å². The molecule has 2 aliphatic rings. The van der Waals surface area contributed by atoms with Crippen molar-refractivity contribution in [3.63, 3.8) is 0 Å². The molecule has 2 N–H and O–H groups in total. The Morgan fingerprint density at radius 2 is 0.981 bits per heavy atom. The molecule has 0 radical (unpaired) electrons. The van der Waals surface area contributed by atoms with Crippen LogP contribution in [0.1, 0.15) is 129 Å². The summed E-state index contributed by atoms with van der Waals surface area (Å²) in [5.41, 5.74) is 14.3. The molecule has 0 fully saturated rings. The maximum absolute atomic E-state index is 9.63. The molecule has 0 bridgehead atoms. The van der Waals surface area contributed by atoms with E-state index in [2.05, 4.69) is 181 Å². The first kappa shape index (κ1) is 45.7. The molecule has 0 spiro atoms. The fourth-order valence-electron chi connectivity index (χ4n) is 7.78. The zero-order chi connectivity index (χ0) is 39.8. The number of hydrogen-bond acceptors (Lipinski definition) is 2. The van der Waals surface area contributed by atoms with Crippen LogP contribution in [-0.2, 0) is 0 Å². The van der Waals surface area contributed by atoms with E-state index >= 15 is 0 Å². The summed E-state index contributed by atoms with van der Waals surface area (Å²) >= 11 is 0. The fourth-order valence-corrected chi connectivity index (χ4v) is 7.78. The Hall–Kier alpha value is -3.46. The second-order valence-corrected chi connectivity index (χ2v) is 17.1. The monoisotopic (exact) mass is 719 g/mol. The third-order valence-electron chi connectivity index (χ3n) is 11.7. The van der Waals surface area contributed by atoms with Crippen LogP contribution in [0.3, 0.4) is 0 Å². The van der Waals surface area contributed by atoms with Crippen LogP contribution in [0.5, 0.6) is 0 Å². The van der Waals surface area contributed by atoms with Gasteiger partial charge in [0.2, 0.25) is 0 Å². The molecule has 0 aliphatic heterocycles. The topological polar surface area (TPSA) is 40.5 Å². The summed E-state index contributed by atoms with van der Waals surface area (Å²) in [6, 6.07) is 0. The van der Waals surface area contributed by atoms with Gasteiger partial charge in [0.25, 0.3) is 0 Å². The number of aliphatic hydroxyl groups is 2. The van der Waals surface area contributed by atoms with Crippen LogP contribution in [0.2, 0.25) is 0 Å². The second kappa shape index (κ2) is 22.0. The number of aliphatic hydroxyl groups excluding tert-OH is 2. The van der Waals surface area contributed by atoms with E-state index in [1.807, 2.05) is 0 Å². The Balaban J connectivity index is 1.98. The van der Waals surface area contributed by atoms with E-state index in [1.165, 1.54) is 69.4 Å². The van der Waals surface area contributed by atoms with Crippen molar-refractivity contribution in [2.24, 2.45) is 22.7 Å². The number of rotatable bonds is 16. The Morgan fingerprint density at radius 3 is 1.42 bits per heavy atom. The Labute approximate surface area is 326 Å². The molecule has 0 aromatic carbocycles. The van der Waals surface area contributed by atoms with Gasteiger partial charge in [0, 0.05) is 0 Å². The Kier molecular flexibility index (Phi) is 19.0. The van der Waals surface area contributed by atoms with E-state index < -0.39 is 0 Å². The highest BCUT2D eigenvalue weighted by molar-refractivity contribution is 5.40. The SMILES string of the molecule is CC(C)=CCC1CCC(C)=C(C=CC(C)=CC=CC(C)=CC=CC=C(C)C=CC=C(C)C=CC2=C(C)CCC(CC(C)=C(CO)CO)C2(C)C)C1(C)C. The minimum atomic E-state index is -0.0690. The van der Waals surface area contributed by atoms with Gasteiger partial charge in [-0.1, -0.05) is 163 Å². The summed E-state index contributed by atoms with van der Waals surface area (Å²) in [5.74, 6) is 1.16. The Morgan fingerprint density at radius 1 is 0.585 bits per heavy atom. The van der Waals surface area contributed by atoms with Gasteiger partial charge in [-0.05, 0) is 140 Å². The molecule has 2 nitrogen and oxygen atoms in total. The lowest BCUT2D eigenvalue weighted by atomic mass is 9.63. The Bertz CT molecular complexity index is 1640. The van der Waals surface area contributed by atoms with Gasteiger partial charge in [-0.25, -0.2) is 0 Å². The van der Waals surface area contributed by atoms with Crippen LogP contribution in [0, 0.1) is 22.7 Å². The van der Waals surface area contributed by atoms with Crippen LogP contribution in [0.25, 0.3) is 0 Å². The molecule has 0 saturated carbocycles. The first-order valence-electron chi connectivity index (χ1n) is 19.9. The van der Waals surface area contributed by atoms with Crippen molar-refractivity contribution in [3.8, 4) is 0 Å². The van der Waals surface area contributed by atoms with Crippen molar-refractivity contribution < 1.29 is 10.2 Å². The van der Waals surface area contributed by atoms with E-state index in [0.29, 0.717) is 11.8 Å². The van der Waals surface area contributed by atoms with Crippen LogP contribution in [0.15, 0.2) is 152 Å². The van der Waals surface area contributed by atoms with E-state index in [-0.39, 0.29) is 24.0 Å². The third kappa shape index (κ3) is 14.7. The van der Waals surface area contributed by atoms with Crippen LogP contribution >= 0.6 is 0 Å². The minimum Gasteiger partial charge on any atom is -0.392 e. The standard InChI is InChI=1S/C51H74O2/c1-37(2)24-29-46-30-27-42(7)48(50(46,10)11)32-25-40(5)22-16-20-38(3)18-14-15-19-39(4)21-17-23-41(6)26-33-49-43(8)28-31-47(51(49,12)13)34-44(9)45(35-52)36-53/h14-26,32-33,46-47,52-53H,27-31,34-36H2,1-13H3. The minimum absolute atomic E-state index is 0.0206. The van der Waals surface area contributed by atoms with Gasteiger partial charge < -0.3 is 10.2 Å². The smallest absolute Gasteiger partial charge is 0.0666 e. The van der Waals surface area contributed by atoms with Gasteiger partial charge in [-0.15, -0.1) is 0 Å². The molecular weight excluding hydrogens is 645 g/mol. The first-order chi connectivity index (χ1) is 24.9. The highest BCUT2D eigenvalue weighted by Gasteiger charge is 2.37. The van der Waals surface area contributed by atoms with Crippen molar-refractivity contribution in [2.45, 2.75) is 129 Å². The molecule has 53 heavy (non-hydrogen) atoms. The lowest BCUT2D eigenvalue weighted by Gasteiger charge is -2.41. The lowest BCUT2D eigenvalue weighted by molar-refractivity contribution is 0.228. The average Bonchev–Trinajstić information content (AvgIpc) is 3.07. The van der Waals surface area contributed by atoms with Gasteiger partial charge >= 0.3 is 0 Å². The quantitative estimate of drug-likeness (QED) is 0.123. The van der Waals surface area contributed by atoms with E-state index in [1.54, 1.807) is 0 Å².